The monoisotopic (exact) mass is 148 g/mol. The number of allylic oxidation sites excluding steroid dienone is 4. The lowest BCUT2D eigenvalue weighted by molar-refractivity contribution is 1.43. The largest absolute Gasteiger partial charge is 0.296 e. The lowest BCUT2D eigenvalue weighted by atomic mass is 10.2. The van der Waals surface area contributed by atoms with E-state index in [2.05, 4.69) is 11.1 Å². The Hall–Kier alpha value is -1.36. The Morgan fingerprint density at radius 3 is 2.55 bits per heavy atom. The molecule has 2 nitrogen and oxygen atoms in total. The highest BCUT2D eigenvalue weighted by Crippen LogP contribution is 1.98. The molecule has 0 aromatic heterocycles. The molecule has 0 spiro atoms. The summed E-state index contributed by atoms with van der Waals surface area (Å²) < 4.78 is 0. The van der Waals surface area contributed by atoms with Crippen molar-refractivity contribution in [2.24, 2.45) is 4.99 Å². The van der Waals surface area contributed by atoms with Gasteiger partial charge in [-0.3, -0.25) is 4.99 Å². The number of nitrogens with zero attached hydrogens (tertiary/aromatic N) is 2. The number of aliphatic imine (C=N–C) groups is 1. The summed E-state index contributed by atoms with van der Waals surface area (Å²) in [6.45, 7) is 3.75. The molecule has 2 heteroatoms. The van der Waals surface area contributed by atoms with Gasteiger partial charge in [-0.15, -0.1) is 0 Å². The topological polar surface area (TPSA) is 36.1 Å². The minimum atomic E-state index is 0.669. The van der Waals surface area contributed by atoms with Crippen LogP contribution in [0.4, 0.5) is 0 Å². The first kappa shape index (κ1) is 9.64. The summed E-state index contributed by atoms with van der Waals surface area (Å²) in [5, 5.41) is 8.54. The Morgan fingerprint density at radius 1 is 1.55 bits per heavy atom. The number of hydrogen-bond acceptors (Lipinski definition) is 2. The van der Waals surface area contributed by atoms with Crippen LogP contribution in [0.2, 0.25) is 0 Å². The van der Waals surface area contributed by atoms with Crippen molar-refractivity contribution in [3.63, 3.8) is 0 Å². The highest BCUT2D eigenvalue weighted by atomic mass is 14.6. The maximum absolute atomic E-state index is 8.54. The maximum Gasteiger partial charge on any atom is 0.0988 e. The highest BCUT2D eigenvalue weighted by Gasteiger charge is 1.87. The molecule has 0 aromatic rings. The van der Waals surface area contributed by atoms with Crippen LogP contribution in [-0.2, 0) is 0 Å². The average Bonchev–Trinajstić information content (AvgIpc) is 2.01. The minimum absolute atomic E-state index is 0.669. The van der Waals surface area contributed by atoms with Gasteiger partial charge in [0.15, 0.2) is 0 Å². The molecule has 0 aromatic carbocycles. The molecule has 0 fully saturated rings. The van der Waals surface area contributed by atoms with Crippen LogP contribution in [0.25, 0.3) is 0 Å². The Kier molecular flexibility index (Phi) is 4.76. The fourth-order valence-corrected chi connectivity index (χ4v) is 0.666. The van der Waals surface area contributed by atoms with Gasteiger partial charge in [-0.05, 0) is 25.5 Å². The Bertz CT molecular complexity index is 239. The Morgan fingerprint density at radius 2 is 2.18 bits per heavy atom. The van der Waals surface area contributed by atoms with E-state index in [1.807, 2.05) is 13.8 Å². The van der Waals surface area contributed by atoms with Gasteiger partial charge in [0, 0.05) is 18.8 Å². The van der Waals surface area contributed by atoms with Gasteiger partial charge in [0.1, 0.15) is 0 Å². The fourth-order valence-electron chi connectivity index (χ4n) is 0.666. The van der Waals surface area contributed by atoms with Crippen molar-refractivity contribution in [2.45, 2.75) is 13.8 Å². The van der Waals surface area contributed by atoms with E-state index in [0.717, 1.165) is 5.57 Å². The first-order valence-corrected chi connectivity index (χ1v) is 3.41. The third-order valence-electron chi connectivity index (χ3n) is 1.16. The average molecular weight is 148 g/mol. The van der Waals surface area contributed by atoms with E-state index >= 15 is 0 Å². The first-order valence-electron chi connectivity index (χ1n) is 3.41. The summed E-state index contributed by atoms with van der Waals surface area (Å²) in [7, 11) is 1.71. The molecule has 0 aliphatic heterocycles. The van der Waals surface area contributed by atoms with Crippen LogP contribution >= 0.6 is 0 Å². The van der Waals surface area contributed by atoms with Crippen LogP contribution in [0, 0.1) is 11.3 Å². The fraction of sp³-hybridized carbons (Fsp3) is 0.333. The van der Waals surface area contributed by atoms with E-state index in [-0.39, 0.29) is 0 Å². The predicted octanol–water partition coefficient (Wildman–Crippen LogP) is 2.10. The van der Waals surface area contributed by atoms with E-state index in [0.29, 0.717) is 5.57 Å². The van der Waals surface area contributed by atoms with Crippen molar-refractivity contribution >= 4 is 6.21 Å². The van der Waals surface area contributed by atoms with Crippen LogP contribution in [-0.4, -0.2) is 13.3 Å². The van der Waals surface area contributed by atoms with Gasteiger partial charge >= 0.3 is 0 Å². The summed E-state index contributed by atoms with van der Waals surface area (Å²) in [4.78, 5) is 3.83. The summed E-state index contributed by atoms with van der Waals surface area (Å²) in [6.07, 6.45) is 5.29. The van der Waals surface area contributed by atoms with Crippen molar-refractivity contribution in [1.82, 2.24) is 0 Å². The molecule has 11 heavy (non-hydrogen) atoms. The zero-order chi connectivity index (χ0) is 8.69. The normalized spacial score (nSPS) is 13.6. The van der Waals surface area contributed by atoms with E-state index in [4.69, 9.17) is 5.26 Å². The molecule has 0 N–H and O–H groups in total. The van der Waals surface area contributed by atoms with Crippen molar-refractivity contribution in [3.05, 3.63) is 23.3 Å². The summed E-state index contributed by atoms with van der Waals surface area (Å²) in [5.41, 5.74) is 1.66. The molecule has 0 heterocycles. The second-order valence-electron chi connectivity index (χ2n) is 2.13. The van der Waals surface area contributed by atoms with Crippen LogP contribution in [0.5, 0.6) is 0 Å². The second-order valence-corrected chi connectivity index (χ2v) is 2.13. The van der Waals surface area contributed by atoms with E-state index < -0.39 is 0 Å². The third kappa shape index (κ3) is 4.10. The highest BCUT2D eigenvalue weighted by molar-refractivity contribution is 5.78. The molecule has 0 aliphatic rings. The van der Waals surface area contributed by atoms with E-state index in [1.165, 1.54) is 0 Å². The molecule has 0 radical (unpaired) electrons. The molecule has 0 unspecified atom stereocenters. The minimum Gasteiger partial charge on any atom is -0.296 e. The van der Waals surface area contributed by atoms with Gasteiger partial charge < -0.3 is 0 Å². The van der Waals surface area contributed by atoms with E-state index in [9.17, 15) is 0 Å². The second kappa shape index (κ2) is 5.43. The zero-order valence-corrected chi connectivity index (χ0v) is 7.13. The first-order chi connectivity index (χ1) is 5.24. The zero-order valence-electron chi connectivity index (χ0n) is 7.13. The lowest BCUT2D eigenvalue weighted by Crippen LogP contribution is -1.79. The summed E-state index contributed by atoms with van der Waals surface area (Å²) in [5.74, 6) is 0. The number of nitriles is 1. The van der Waals surface area contributed by atoms with Crippen molar-refractivity contribution < 1.29 is 0 Å². The number of hydrogen-bond donors (Lipinski definition) is 0. The molecule has 0 saturated heterocycles. The van der Waals surface area contributed by atoms with E-state index in [1.54, 1.807) is 25.4 Å². The van der Waals surface area contributed by atoms with Crippen LogP contribution < -0.4 is 0 Å². The molecule has 0 atom stereocenters. The maximum atomic E-state index is 8.54. The summed E-state index contributed by atoms with van der Waals surface area (Å²) in [6, 6.07) is 2.06. The smallest absolute Gasteiger partial charge is 0.0988 e. The van der Waals surface area contributed by atoms with Gasteiger partial charge in [0.25, 0.3) is 0 Å². The quantitative estimate of drug-likeness (QED) is 0.335. The molecule has 58 valence electrons. The Balaban J connectivity index is 4.44. The van der Waals surface area contributed by atoms with Gasteiger partial charge in [-0.25, -0.2) is 0 Å². The molecule has 0 rings (SSSR count). The SMILES string of the molecule is C/C=C(C#N)\C=C(\C)C=NC. The van der Waals surface area contributed by atoms with Crippen molar-refractivity contribution in [3.8, 4) is 6.07 Å². The number of rotatable bonds is 2. The van der Waals surface area contributed by atoms with Gasteiger partial charge in [0.05, 0.1) is 6.07 Å². The van der Waals surface area contributed by atoms with Crippen molar-refractivity contribution in [2.75, 3.05) is 7.05 Å². The molecular formula is C9H12N2. The molecule has 0 amide bonds. The van der Waals surface area contributed by atoms with Crippen molar-refractivity contribution in [1.29, 1.82) is 5.26 Å². The molecular weight excluding hydrogens is 136 g/mol. The molecule has 0 aliphatic carbocycles. The molecule has 0 saturated carbocycles. The third-order valence-corrected chi connectivity index (χ3v) is 1.16. The van der Waals surface area contributed by atoms with Crippen LogP contribution in [0.3, 0.4) is 0 Å². The Labute approximate surface area is 67.6 Å². The lowest BCUT2D eigenvalue weighted by Gasteiger charge is -1.88. The van der Waals surface area contributed by atoms with Crippen LogP contribution in [0.15, 0.2) is 28.3 Å². The predicted molar refractivity (Wildman–Crippen MR) is 47.5 cm³/mol. The van der Waals surface area contributed by atoms with Gasteiger partial charge in [-0.1, -0.05) is 6.08 Å². The standard InChI is InChI=1S/C9H12N2/c1-4-9(6-10)5-8(2)7-11-3/h4-5,7H,1-3H3/b8-5-,9-4+,11-7?. The molecule has 0 bridgehead atoms. The van der Waals surface area contributed by atoms with Gasteiger partial charge in [0.2, 0.25) is 0 Å². The summed E-state index contributed by atoms with van der Waals surface area (Å²) >= 11 is 0. The van der Waals surface area contributed by atoms with Crippen LogP contribution in [0.1, 0.15) is 13.8 Å². The van der Waals surface area contributed by atoms with Gasteiger partial charge in [-0.2, -0.15) is 5.26 Å².